The summed E-state index contributed by atoms with van der Waals surface area (Å²) in [5.41, 5.74) is 3.05. The Labute approximate surface area is 227 Å². The first-order valence-electron chi connectivity index (χ1n) is 13.3. The molecule has 2 heterocycles. The number of carbonyl (C=O) groups excluding carboxylic acids is 1. The second kappa shape index (κ2) is 11.6. The van der Waals surface area contributed by atoms with E-state index in [9.17, 15) is 14.4 Å². The van der Waals surface area contributed by atoms with Gasteiger partial charge in [0, 0.05) is 25.7 Å². The van der Waals surface area contributed by atoms with Gasteiger partial charge in [-0.3, -0.25) is 19.1 Å². The summed E-state index contributed by atoms with van der Waals surface area (Å²) >= 11 is 0. The summed E-state index contributed by atoms with van der Waals surface area (Å²) in [6.07, 6.45) is 1.54. The highest BCUT2D eigenvalue weighted by Gasteiger charge is 2.25. The van der Waals surface area contributed by atoms with Crippen LogP contribution in [0.5, 0.6) is 0 Å². The molecule has 0 saturated carbocycles. The fourth-order valence-corrected chi connectivity index (χ4v) is 4.92. The van der Waals surface area contributed by atoms with Crippen LogP contribution in [0.2, 0.25) is 0 Å². The molecule has 1 aliphatic rings. The van der Waals surface area contributed by atoms with Crippen molar-refractivity contribution in [2.24, 2.45) is 0 Å². The van der Waals surface area contributed by atoms with Gasteiger partial charge in [0.25, 0.3) is 11.5 Å². The lowest BCUT2D eigenvalue weighted by atomic mass is 10.0. The van der Waals surface area contributed by atoms with E-state index in [1.54, 1.807) is 6.07 Å². The summed E-state index contributed by atoms with van der Waals surface area (Å²) in [7, 11) is 0. The summed E-state index contributed by atoms with van der Waals surface area (Å²) in [5.74, 6) is -0.555. The second-order valence-corrected chi connectivity index (χ2v) is 10.2. The number of nitrogens with one attached hydrogen (secondary N) is 1. The lowest BCUT2D eigenvalue weighted by Gasteiger charge is -2.32. The molecule has 0 spiro atoms. The topological polar surface area (TPSA) is 89.2 Å². The molecule has 4 aromatic rings. The Morgan fingerprint density at radius 2 is 1.46 bits per heavy atom. The van der Waals surface area contributed by atoms with E-state index in [4.69, 9.17) is 0 Å². The Hall–Kier alpha value is -4.30. The van der Waals surface area contributed by atoms with Gasteiger partial charge < -0.3 is 5.32 Å². The zero-order valence-electron chi connectivity index (χ0n) is 22.3. The van der Waals surface area contributed by atoms with Crippen molar-refractivity contribution in [2.45, 2.75) is 45.8 Å². The summed E-state index contributed by atoms with van der Waals surface area (Å²) in [6, 6.07) is 25.0. The molecule has 0 bridgehead atoms. The van der Waals surface area contributed by atoms with Crippen LogP contribution in [-0.4, -0.2) is 44.3 Å². The van der Waals surface area contributed by atoms with Gasteiger partial charge in [-0.25, -0.2) is 4.79 Å². The van der Waals surface area contributed by atoms with E-state index in [1.807, 2.05) is 74.5 Å². The predicted octanol–water partition coefficient (Wildman–Crippen LogP) is 3.45. The molecule has 39 heavy (non-hydrogen) atoms. The number of benzene rings is 3. The normalized spacial score (nSPS) is 14.3. The van der Waals surface area contributed by atoms with Crippen molar-refractivity contribution in [1.29, 1.82) is 0 Å². The second-order valence-electron chi connectivity index (χ2n) is 10.2. The average Bonchev–Trinajstić information content (AvgIpc) is 2.95. The van der Waals surface area contributed by atoms with Crippen LogP contribution in [0.3, 0.4) is 0 Å². The van der Waals surface area contributed by atoms with Gasteiger partial charge in [-0.15, -0.1) is 0 Å². The molecule has 200 valence electrons. The first-order valence-corrected chi connectivity index (χ1v) is 13.3. The highest BCUT2D eigenvalue weighted by atomic mass is 16.2. The van der Waals surface area contributed by atoms with Gasteiger partial charge in [0.1, 0.15) is 0 Å². The lowest BCUT2D eigenvalue weighted by Crippen LogP contribution is -2.49. The van der Waals surface area contributed by atoms with Crippen LogP contribution in [0, 0.1) is 13.8 Å². The summed E-state index contributed by atoms with van der Waals surface area (Å²) in [6.45, 7) is 6.52. The van der Waals surface area contributed by atoms with Crippen molar-refractivity contribution in [1.82, 2.24) is 24.6 Å². The number of rotatable bonds is 7. The fraction of sp³-hybridized carbons (Fsp3) is 0.290. The molecule has 0 atom stereocenters. The van der Waals surface area contributed by atoms with Crippen molar-refractivity contribution in [2.75, 3.05) is 13.1 Å². The largest absolute Gasteiger partial charge is 0.352 e. The van der Waals surface area contributed by atoms with Crippen LogP contribution in [0.15, 0.2) is 88.5 Å². The highest BCUT2D eigenvalue weighted by Crippen LogP contribution is 2.15. The van der Waals surface area contributed by atoms with Crippen LogP contribution < -0.4 is 16.6 Å². The van der Waals surface area contributed by atoms with Gasteiger partial charge in [0.2, 0.25) is 5.69 Å². The molecular formula is C31H33N5O3. The first-order chi connectivity index (χ1) is 18.9. The Morgan fingerprint density at radius 3 is 2.08 bits per heavy atom. The third-order valence-electron chi connectivity index (χ3n) is 7.37. The first kappa shape index (κ1) is 26.3. The predicted molar refractivity (Wildman–Crippen MR) is 151 cm³/mol. The number of likely N-dealkylation sites (tertiary alicyclic amines) is 1. The van der Waals surface area contributed by atoms with Crippen molar-refractivity contribution >= 4 is 5.91 Å². The molecule has 8 nitrogen and oxygen atoms in total. The molecule has 1 saturated heterocycles. The van der Waals surface area contributed by atoms with E-state index in [2.05, 4.69) is 27.4 Å². The van der Waals surface area contributed by atoms with Crippen LogP contribution in [0.25, 0.3) is 5.69 Å². The maximum Gasteiger partial charge on any atom is 0.352 e. The molecule has 3 aromatic carbocycles. The average molecular weight is 524 g/mol. The lowest BCUT2D eigenvalue weighted by molar-refractivity contribution is 0.0899. The molecule has 0 unspecified atom stereocenters. The van der Waals surface area contributed by atoms with Crippen molar-refractivity contribution in [3.05, 3.63) is 128 Å². The van der Waals surface area contributed by atoms with Crippen LogP contribution in [0.1, 0.15) is 45.6 Å². The number of piperidine rings is 1. The minimum Gasteiger partial charge on any atom is -0.348 e. The summed E-state index contributed by atoms with van der Waals surface area (Å²) < 4.78 is 2.25. The summed E-state index contributed by atoms with van der Waals surface area (Å²) in [5, 5.41) is 7.31. The molecule has 0 radical (unpaired) electrons. The number of hydrogen-bond acceptors (Lipinski definition) is 5. The van der Waals surface area contributed by atoms with Gasteiger partial charge in [0.15, 0.2) is 0 Å². The van der Waals surface area contributed by atoms with E-state index in [0.29, 0.717) is 5.69 Å². The number of hydrogen-bond donors (Lipinski definition) is 1. The quantitative estimate of drug-likeness (QED) is 0.401. The standard InChI is InChI=1S/C31H33N5O3/c1-22-13-14-27(19-23(22)2)36-31(39)35(21-25-11-7-4-8-12-25)30(38)28(33-36)29(37)32-26-15-17-34(18-16-26)20-24-9-5-3-6-10-24/h3-14,19,26H,15-18,20-21H2,1-2H3,(H,32,37). The third-order valence-corrected chi connectivity index (χ3v) is 7.37. The SMILES string of the molecule is Cc1ccc(-n2nc(C(=O)NC3CCN(Cc4ccccc4)CC3)c(=O)n(Cc3ccccc3)c2=O)cc1C. The molecule has 0 aliphatic carbocycles. The van der Waals surface area contributed by atoms with E-state index in [0.717, 1.165) is 58.4 Å². The molecule has 1 aromatic heterocycles. The highest BCUT2D eigenvalue weighted by molar-refractivity contribution is 5.92. The molecular weight excluding hydrogens is 490 g/mol. The number of amides is 1. The minimum atomic E-state index is -0.692. The maximum absolute atomic E-state index is 13.5. The summed E-state index contributed by atoms with van der Waals surface area (Å²) in [4.78, 5) is 42.7. The minimum absolute atomic E-state index is 0.0457. The van der Waals surface area contributed by atoms with Gasteiger partial charge in [-0.05, 0) is 61.1 Å². The van der Waals surface area contributed by atoms with Gasteiger partial charge in [-0.1, -0.05) is 66.7 Å². The molecule has 1 N–H and O–H groups in total. The van der Waals surface area contributed by atoms with Crippen molar-refractivity contribution in [3.63, 3.8) is 0 Å². The molecule has 1 fully saturated rings. The van der Waals surface area contributed by atoms with Gasteiger partial charge >= 0.3 is 5.69 Å². The molecule has 1 amide bonds. The van der Waals surface area contributed by atoms with E-state index >= 15 is 0 Å². The van der Waals surface area contributed by atoms with E-state index < -0.39 is 17.2 Å². The van der Waals surface area contributed by atoms with Crippen LogP contribution in [-0.2, 0) is 13.1 Å². The number of aromatic nitrogens is 3. The number of aryl methyl sites for hydroxylation is 2. The molecule has 8 heteroatoms. The Bertz CT molecular complexity index is 1570. The van der Waals surface area contributed by atoms with Crippen LogP contribution in [0.4, 0.5) is 0 Å². The maximum atomic E-state index is 13.5. The smallest absolute Gasteiger partial charge is 0.348 e. The van der Waals surface area contributed by atoms with Crippen LogP contribution >= 0.6 is 0 Å². The van der Waals surface area contributed by atoms with Gasteiger partial charge in [0.05, 0.1) is 12.2 Å². The number of nitrogens with zero attached hydrogens (tertiary/aromatic N) is 4. The van der Waals surface area contributed by atoms with E-state index in [-0.39, 0.29) is 18.3 Å². The number of carbonyl (C=O) groups is 1. The van der Waals surface area contributed by atoms with Crippen molar-refractivity contribution < 1.29 is 4.79 Å². The Balaban J connectivity index is 1.40. The molecule has 5 rings (SSSR count). The monoisotopic (exact) mass is 523 g/mol. The Kier molecular flexibility index (Phi) is 7.84. The molecule has 1 aliphatic heterocycles. The fourth-order valence-electron chi connectivity index (χ4n) is 4.92. The zero-order chi connectivity index (χ0) is 27.4. The van der Waals surface area contributed by atoms with Gasteiger partial charge in [-0.2, -0.15) is 9.78 Å². The zero-order valence-corrected chi connectivity index (χ0v) is 22.3. The van der Waals surface area contributed by atoms with Crippen molar-refractivity contribution in [3.8, 4) is 5.69 Å². The third kappa shape index (κ3) is 6.07. The van der Waals surface area contributed by atoms with E-state index in [1.165, 1.54) is 5.56 Å². The Morgan fingerprint density at radius 1 is 0.846 bits per heavy atom.